The zero-order valence-electron chi connectivity index (χ0n) is 15.5. The number of hydrogen-bond donors (Lipinski definition) is 3. The fourth-order valence-corrected chi connectivity index (χ4v) is 2.39. The molecule has 1 rings (SSSR count). The van der Waals surface area contributed by atoms with Crippen LogP contribution < -0.4 is 5.32 Å². The van der Waals surface area contributed by atoms with Crippen LogP contribution in [0, 0.1) is 11.3 Å². The summed E-state index contributed by atoms with van der Waals surface area (Å²) in [6.07, 6.45) is 7.54. The molecular weight excluding hydrogens is 310 g/mol. The number of carboxylic acid groups (broad SMARTS) is 1. The fraction of sp³-hybridized carbons (Fsp3) is 0.722. The molecule has 0 saturated heterocycles. The number of amides is 1. The van der Waals surface area contributed by atoms with Crippen LogP contribution in [0.25, 0.3) is 0 Å². The Balaban J connectivity index is 0. The number of aliphatic carboxylic acids is 1. The van der Waals surface area contributed by atoms with Crippen molar-refractivity contribution in [3.05, 3.63) is 12.2 Å². The molecule has 0 radical (unpaired) electrons. The number of nitrogens with one attached hydrogen (secondary N) is 1. The molecule has 0 aliphatic heterocycles. The van der Waals surface area contributed by atoms with Gasteiger partial charge in [0.15, 0.2) is 0 Å². The van der Waals surface area contributed by atoms with Gasteiger partial charge in [0.2, 0.25) is 5.91 Å². The minimum Gasteiger partial charge on any atom is -0.481 e. The highest BCUT2D eigenvalue weighted by molar-refractivity contribution is 5.86. The van der Waals surface area contributed by atoms with Crippen LogP contribution in [0.3, 0.4) is 0 Å². The van der Waals surface area contributed by atoms with Crippen LogP contribution in [-0.4, -0.2) is 41.5 Å². The Morgan fingerprint density at radius 1 is 1.33 bits per heavy atom. The van der Waals surface area contributed by atoms with Gasteiger partial charge in [0.1, 0.15) is 6.29 Å². The number of carbonyl (C=O) groups is 3. The molecule has 0 aromatic carbocycles. The van der Waals surface area contributed by atoms with Crippen molar-refractivity contribution in [2.45, 2.75) is 65.8 Å². The lowest BCUT2D eigenvalue weighted by Crippen LogP contribution is -2.46. The quantitative estimate of drug-likeness (QED) is 0.526. The lowest BCUT2D eigenvalue weighted by Gasteiger charge is -2.31. The van der Waals surface area contributed by atoms with E-state index in [4.69, 9.17) is 10.2 Å². The van der Waals surface area contributed by atoms with Crippen LogP contribution >= 0.6 is 0 Å². The van der Waals surface area contributed by atoms with E-state index in [-0.39, 0.29) is 12.3 Å². The number of carboxylic acids is 1. The zero-order valence-corrected chi connectivity index (χ0v) is 15.5. The first kappa shape index (κ1) is 24.6. The normalized spacial score (nSPS) is 25.2. The van der Waals surface area contributed by atoms with E-state index >= 15 is 0 Å². The number of carbonyl (C=O) groups excluding carboxylic acids is 2. The number of hydrogen-bond acceptors (Lipinski definition) is 4. The van der Waals surface area contributed by atoms with Crippen molar-refractivity contribution in [1.82, 2.24) is 5.32 Å². The topological polar surface area (TPSA) is 104 Å². The number of aliphatic hydroxyl groups is 1. The van der Waals surface area contributed by atoms with Crippen LogP contribution in [0.1, 0.15) is 59.8 Å². The number of aliphatic hydroxyl groups excluding tert-OH is 1. The molecule has 1 aliphatic carbocycles. The molecular formula is C18H33NO5. The number of allylic oxidation sites excluding steroid dienone is 2. The average Bonchev–Trinajstić information content (AvgIpc) is 2.58. The monoisotopic (exact) mass is 343 g/mol. The molecule has 3 atom stereocenters. The molecule has 3 N–H and O–H groups in total. The molecule has 1 amide bonds. The van der Waals surface area contributed by atoms with E-state index in [9.17, 15) is 14.4 Å². The third-order valence-corrected chi connectivity index (χ3v) is 3.90. The molecule has 6 heteroatoms. The predicted octanol–water partition coefficient (Wildman–Crippen LogP) is 2.55. The van der Waals surface area contributed by atoms with Crippen LogP contribution in [0.5, 0.6) is 0 Å². The van der Waals surface area contributed by atoms with Gasteiger partial charge in [0.05, 0.1) is 12.5 Å². The summed E-state index contributed by atoms with van der Waals surface area (Å²) in [5, 5.41) is 18.3. The maximum absolute atomic E-state index is 12.4. The zero-order chi connectivity index (χ0) is 19.2. The average molecular weight is 343 g/mol. The van der Waals surface area contributed by atoms with E-state index < -0.39 is 17.4 Å². The van der Waals surface area contributed by atoms with Gasteiger partial charge in [-0.15, -0.1) is 0 Å². The van der Waals surface area contributed by atoms with Crippen LogP contribution in [-0.2, 0) is 14.4 Å². The molecule has 0 heterocycles. The predicted molar refractivity (Wildman–Crippen MR) is 94.6 cm³/mol. The van der Waals surface area contributed by atoms with Crippen molar-refractivity contribution in [2.24, 2.45) is 11.3 Å². The highest BCUT2D eigenvalue weighted by atomic mass is 16.4. The first-order valence-electron chi connectivity index (χ1n) is 8.47. The second-order valence-electron chi connectivity index (χ2n) is 5.86. The van der Waals surface area contributed by atoms with Gasteiger partial charge in [-0.2, -0.15) is 0 Å². The van der Waals surface area contributed by atoms with Gasteiger partial charge in [0.25, 0.3) is 0 Å². The molecule has 140 valence electrons. The molecule has 6 nitrogen and oxygen atoms in total. The fourth-order valence-electron chi connectivity index (χ4n) is 2.39. The molecule has 0 spiro atoms. The van der Waals surface area contributed by atoms with Gasteiger partial charge in [-0.3, -0.25) is 9.59 Å². The third kappa shape index (κ3) is 9.45. The molecule has 0 bridgehead atoms. The molecule has 0 aromatic rings. The third-order valence-electron chi connectivity index (χ3n) is 3.90. The minimum atomic E-state index is -1.10. The second-order valence-corrected chi connectivity index (χ2v) is 5.86. The van der Waals surface area contributed by atoms with Crippen molar-refractivity contribution >= 4 is 18.2 Å². The summed E-state index contributed by atoms with van der Waals surface area (Å²) in [6, 6.07) is -0.949. The standard InChI is InChI=1S/C15H23NO4.C2H6.CH4O/c1-11-5-3-4-7-15(2,8-6-11)14(20)16-12(10-17)9-13(18)19;2*1-2/h3,5,10-12H,4,6-9H2,1-2H3,(H,16,20)(H,18,19);1-2H3;2H,1H3/b5-3+;;. The van der Waals surface area contributed by atoms with Crippen molar-refractivity contribution < 1.29 is 24.6 Å². The summed E-state index contributed by atoms with van der Waals surface area (Å²) >= 11 is 0. The lowest BCUT2D eigenvalue weighted by atomic mass is 9.76. The highest BCUT2D eigenvalue weighted by Gasteiger charge is 2.34. The van der Waals surface area contributed by atoms with Crippen LogP contribution in [0.2, 0.25) is 0 Å². The summed E-state index contributed by atoms with van der Waals surface area (Å²) in [6.45, 7) is 8.00. The Hall–Kier alpha value is -1.69. The van der Waals surface area contributed by atoms with Crippen molar-refractivity contribution in [1.29, 1.82) is 0 Å². The number of aldehydes is 1. The van der Waals surface area contributed by atoms with E-state index in [1.165, 1.54) is 0 Å². The highest BCUT2D eigenvalue weighted by Crippen LogP contribution is 2.33. The van der Waals surface area contributed by atoms with E-state index in [2.05, 4.69) is 24.4 Å². The Morgan fingerprint density at radius 2 is 1.92 bits per heavy atom. The lowest BCUT2D eigenvalue weighted by molar-refractivity contribution is -0.139. The van der Waals surface area contributed by atoms with Crippen LogP contribution in [0.15, 0.2) is 12.2 Å². The Bertz CT molecular complexity index is 408. The van der Waals surface area contributed by atoms with Gasteiger partial charge in [-0.25, -0.2) is 0 Å². The largest absolute Gasteiger partial charge is 0.481 e. The van der Waals surface area contributed by atoms with Crippen molar-refractivity contribution in [3.8, 4) is 0 Å². The van der Waals surface area contributed by atoms with Gasteiger partial charge in [0, 0.05) is 12.5 Å². The van der Waals surface area contributed by atoms with E-state index in [0.29, 0.717) is 18.6 Å². The van der Waals surface area contributed by atoms with E-state index in [1.807, 2.05) is 20.8 Å². The minimum absolute atomic E-state index is 0.224. The second kappa shape index (κ2) is 13.7. The van der Waals surface area contributed by atoms with E-state index in [0.717, 1.165) is 26.4 Å². The molecule has 0 fully saturated rings. The summed E-state index contributed by atoms with van der Waals surface area (Å²) < 4.78 is 0. The summed E-state index contributed by atoms with van der Waals surface area (Å²) in [5.41, 5.74) is -0.543. The smallest absolute Gasteiger partial charge is 0.305 e. The molecule has 1 aliphatic rings. The molecule has 3 unspecified atom stereocenters. The summed E-state index contributed by atoms with van der Waals surface area (Å²) in [4.78, 5) is 33.8. The van der Waals surface area contributed by atoms with Crippen molar-refractivity contribution in [3.63, 3.8) is 0 Å². The van der Waals surface area contributed by atoms with E-state index in [1.54, 1.807) is 0 Å². The Labute approximate surface area is 145 Å². The van der Waals surface area contributed by atoms with Gasteiger partial charge in [-0.1, -0.05) is 39.8 Å². The molecule has 24 heavy (non-hydrogen) atoms. The Kier molecular flexibility index (Phi) is 14.0. The molecule has 0 saturated carbocycles. The van der Waals surface area contributed by atoms with Gasteiger partial charge < -0.3 is 20.3 Å². The SMILES string of the molecule is CC.CC1/C=C/CCC(C)(C(=O)NC(C=O)CC(=O)O)CC1.CO. The molecule has 0 aromatic heterocycles. The van der Waals surface area contributed by atoms with Gasteiger partial charge in [-0.05, 0) is 31.6 Å². The Morgan fingerprint density at radius 3 is 2.42 bits per heavy atom. The summed E-state index contributed by atoms with van der Waals surface area (Å²) in [7, 11) is 1.00. The van der Waals surface area contributed by atoms with Gasteiger partial charge >= 0.3 is 5.97 Å². The maximum atomic E-state index is 12.4. The van der Waals surface area contributed by atoms with Crippen molar-refractivity contribution in [2.75, 3.05) is 7.11 Å². The first-order valence-corrected chi connectivity index (χ1v) is 8.47. The van der Waals surface area contributed by atoms with Crippen LogP contribution in [0.4, 0.5) is 0 Å². The summed E-state index contributed by atoms with van der Waals surface area (Å²) in [5.74, 6) is -0.886. The first-order chi connectivity index (χ1) is 11.4. The maximum Gasteiger partial charge on any atom is 0.305 e. The number of rotatable bonds is 5.